The molecule has 0 bridgehead atoms. The molecule has 1 aromatic carbocycles. The molecule has 4 heteroatoms. The van der Waals surface area contributed by atoms with Crippen LogP contribution < -0.4 is 15.2 Å². The van der Waals surface area contributed by atoms with Gasteiger partial charge in [0.2, 0.25) is 0 Å². The molecule has 1 unspecified atom stereocenters. The van der Waals surface area contributed by atoms with Crippen molar-refractivity contribution in [3.8, 4) is 11.5 Å². The van der Waals surface area contributed by atoms with Crippen LogP contribution in [0.15, 0.2) is 36.4 Å². The molecular weight excluding hydrogens is 264 g/mol. The molecule has 0 aliphatic rings. The Balaban J connectivity index is 2.07. The molecule has 0 aliphatic heterocycles. The van der Waals surface area contributed by atoms with Gasteiger partial charge >= 0.3 is 0 Å². The first-order valence-corrected chi connectivity index (χ1v) is 7.06. The van der Waals surface area contributed by atoms with Crippen molar-refractivity contribution >= 4 is 0 Å². The van der Waals surface area contributed by atoms with E-state index < -0.39 is 0 Å². The minimum absolute atomic E-state index is 0.0580. The average Bonchev–Trinajstić information content (AvgIpc) is 2.46. The van der Waals surface area contributed by atoms with Crippen molar-refractivity contribution < 1.29 is 9.47 Å². The van der Waals surface area contributed by atoms with E-state index in [1.165, 1.54) is 0 Å². The second-order valence-electron chi connectivity index (χ2n) is 5.22. The highest BCUT2D eigenvalue weighted by Gasteiger charge is 2.09. The summed E-state index contributed by atoms with van der Waals surface area (Å²) in [5.74, 6) is 1.64. The minimum Gasteiger partial charge on any atom is -0.497 e. The van der Waals surface area contributed by atoms with E-state index in [4.69, 9.17) is 15.2 Å². The second kappa shape index (κ2) is 7.09. The predicted octanol–water partition coefficient (Wildman–Crippen LogP) is 2.87. The smallest absolute Gasteiger partial charge is 0.141 e. The van der Waals surface area contributed by atoms with Gasteiger partial charge in [-0.1, -0.05) is 12.1 Å². The monoisotopic (exact) mass is 286 g/mol. The number of benzene rings is 1. The van der Waals surface area contributed by atoms with Crippen LogP contribution in [0.3, 0.4) is 0 Å². The SMILES string of the molecule is COc1ccc(COc2ccc(C)nc2CC(C)N)cc1. The molecule has 21 heavy (non-hydrogen) atoms. The summed E-state index contributed by atoms with van der Waals surface area (Å²) in [6, 6.07) is 11.8. The molecule has 0 fully saturated rings. The number of pyridine rings is 1. The molecule has 4 nitrogen and oxygen atoms in total. The lowest BCUT2D eigenvalue weighted by molar-refractivity contribution is 0.300. The summed E-state index contributed by atoms with van der Waals surface area (Å²) in [4.78, 5) is 4.53. The zero-order valence-corrected chi connectivity index (χ0v) is 12.8. The molecule has 2 N–H and O–H groups in total. The van der Waals surface area contributed by atoms with Crippen LogP contribution in [0.5, 0.6) is 11.5 Å². The van der Waals surface area contributed by atoms with Crippen molar-refractivity contribution in [2.24, 2.45) is 5.73 Å². The Morgan fingerprint density at radius 1 is 1.14 bits per heavy atom. The lowest BCUT2D eigenvalue weighted by Crippen LogP contribution is -2.19. The molecule has 1 atom stereocenters. The fourth-order valence-corrected chi connectivity index (χ4v) is 2.06. The molecule has 0 radical (unpaired) electrons. The zero-order chi connectivity index (χ0) is 15.2. The fraction of sp³-hybridized carbons (Fsp3) is 0.353. The summed E-state index contributed by atoms with van der Waals surface area (Å²) in [6.45, 7) is 4.44. The summed E-state index contributed by atoms with van der Waals surface area (Å²) in [5.41, 5.74) is 8.85. The van der Waals surface area contributed by atoms with Crippen molar-refractivity contribution in [1.82, 2.24) is 4.98 Å². The molecule has 0 saturated carbocycles. The number of aromatic nitrogens is 1. The van der Waals surface area contributed by atoms with Crippen LogP contribution >= 0.6 is 0 Å². The van der Waals surface area contributed by atoms with Gasteiger partial charge in [0.1, 0.15) is 18.1 Å². The Bertz CT molecular complexity index is 580. The van der Waals surface area contributed by atoms with Crippen LogP contribution in [0.25, 0.3) is 0 Å². The van der Waals surface area contributed by atoms with Crippen molar-refractivity contribution in [2.75, 3.05) is 7.11 Å². The molecule has 112 valence electrons. The first-order chi connectivity index (χ1) is 10.1. The van der Waals surface area contributed by atoms with Gasteiger partial charge in [0.15, 0.2) is 0 Å². The quantitative estimate of drug-likeness (QED) is 0.887. The summed E-state index contributed by atoms with van der Waals surface area (Å²) < 4.78 is 11.0. The topological polar surface area (TPSA) is 57.4 Å². The molecule has 2 aromatic rings. The molecule has 0 saturated heterocycles. The maximum absolute atomic E-state index is 5.89. The minimum atomic E-state index is 0.0580. The average molecular weight is 286 g/mol. The van der Waals surface area contributed by atoms with Gasteiger partial charge in [-0.15, -0.1) is 0 Å². The largest absolute Gasteiger partial charge is 0.497 e. The van der Waals surface area contributed by atoms with Crippen molar-refractivity contribution in [3.63, 3.8) is 0 Å². The number of rotatable bonds is 6. The number of methoxy groups -OCH3 is 1. The van der Waals surface area contributed by atoms with Crippen LogP contribution in [0, 0.1) is 6.92 Å². The first kappa shape index (κ1) is 15.3. The highest BCUT2D eigenvalue weighted by atomic mass is 16.5. The van der Waals surface area contributed by atoms with E-state index in [1.807, 2.05) is 50.2 Å². The van der Waals surface area contributed by atoms with E-state index in [1.54, 1.807) is 7.11 Å². The summed E-state index contributed by atoms with van der Waals surface area (Å²) in [5, 5.41) is 0. The number of ether oxygens (including phenoxy) is 2. The van der Waals surface area contributed by atoms with Crippen LogP contribution in [-0.4, -0.2) is 18.1 Å². The number of nitrogens with two attached hydrogens (primary N) is 1. The molecule has 1 aromatic heterocycles. The number of hydrogen-bond acceptors (Lipinski definition) is 4. The Labute approximate surface area is 125 Å². The number of aryl methyl sites for hydroxylation is 1. The third-order valence-electron chi connectivity index (χ3n) is 3.14. The van der Waals surface area contributed by atoms with E-state index >= 15 is 0 Å². The molecule has 2 rings (SSSR count). The highest BCUT2D eigenvalue weighted by Crippen LogP contribution is 2.20. The van der Waals surface area contributed by atoms with E-state index in [0.29, 0.717) is 13.0 Å². The van der Waals surface area contributed by atoms with Gasteiger partial charge in [0, 0.05) is 18.2 Å². The summed E-state index contributed by atoms with van der Waals surface area (Å²) >= 11 is 0. The Morgan fingerprint density at radius 2 is 1.86 bits per heavy atom. The van der Waals surface area contributed by atoms with E-state index in [0.717, 1.165) is 28.5 Å². The van der Waals surface area contributed by atoms with Gasteiger partial charge in [0.05, 0.1) is 12.8 Å². The predicted molar refractivity (Wildman–Crippen MR) is 83.7 cm³/mol. The van der Waals surface area contributed by atoms with Crippen LogP contribution in [0.4, 0.5) is 0 Å². The lowest BCUT2D eigenvalue weighted by Gasteiger charge is -2.13. The highest BCUT2D eigenvalue weighted by molar-refractivity contribution is 5.31. The molecule has 0 aliphatic carbocycles. The van der Waals surface area contributed by atoms with Crippen molar-refractivity contribution in [3.05, 3.63) is 53.3 Å². The molecule has 0 amide bonds. The third-order valence-corrected chi connectivity index (χ3v) is 3.14. The molecular formula is C17H22N2O2. The van der Waals surface area contributed by atoms with Gasteiger partial charge < -0.3 is 15.2 Å². The van der Waals surface area contributed by atoms with Gasteiger partial charge in [0.25, 0.3) is 0 Å². The molecule has 1 heterocycles. The fourth-order valence-electron chi connectivity index (χ4n) is 2.06. The van der Waals surface area contributed by atoms with Gasteiger partial charge in [-0.25, -0.2) is 0 Å². The molecule has 0 spiro atoms. The first-order valence-electron chi connectivity index (χ1n) is 7.06. The van der Waals surface area contributed by atoms with Crippen molar-refractivity contribution in [1.29, 1.82) is 0 Å². The standard InChI is InChI=1S/C17H22N2O2/c1-12(18)10-16-17(9-4-13(2)19-16)21-11-14-5-7-15(20-3)8-6-14/h4-9,12H,10-11,18H2,1-3H3. The van der Waals surface area contributed by atoms with E-state index in [-0.39, 0.29) is 6.04 Å². The third kappa shape index (κ3) is 4.46. The second-order valence-corrected chi connectivity index (χ2v) is 5.22. The Hall–Kier alpha value is -2.07. The van der Waals surface area contributed by atoms with Crippen LogP contribution in [0.2, 0.25) is 0 Å². The lowest BCUT2D eigenvalue weighted by atomic mass is 10.1. The van der Waals surface area contributed by atoms with Gasteiger partial charge in [-0.3, -0.25) is 4.98 Å². The number of hydrogen-bond donors (Lipinski definition) is 1. The van der Waals surface area contributed by atoms with E-state index in [2.05, 4.69) is 4.98 Å². The van der Waals surface area contributed by atoms with Gasteiger partial charge in [-0.05, 0) is 43.7 Å². The normalized spacial score (nSPS) is 12.0. The van der Waals surface area contributed by atoms with Gasteiger partial charge in [-0.2, -0.15) is 0 Å². The summed E-state index contributed by atoms with van der Waals surface area (Å²) in [7, 11) is 1.66. The Morgan fingerprint density at radius 3 is 2.48 bits per heavy atom. The maximum Gasteiger partial charge on any atom is 0.141 e. The zero-order valence-electron chi connectivity index (χ0n) is 12.8. The maximum atomic E-state index is 5.89. The summed E-state index contributed by atoms with van der Waals surface area (Å²) in [6.07, 6.45) is 0.708. The van der Waals surface area contributed by atoms with Crippen LogP contribution in [-0.2, 0) is 13.0 Å². The van der Waals surface area contributed by atoms with Crippen molar-refractivity contribution in [2.45, 2.75) is 32.9 Å². The van der Waals surface area contributed by atoms with Crippen LogP contribution in [0.1, 0.15) is 23.9 Å². The number of nitrogens with zero attached hydrogens (tertiary/aromatic N) is 1. The Kier molecular flexibility index (Phi) is 5.17. The van der Waals surface area contributed by atoms with E-state index in [9.17, 15) is 0 Å².